The Hall–Kier alpha value is -2.08. The Balaban J connectivity index is 2.01. The molecule has 6 heteroatoms. The SMILES string of the molecule is COc1ccc(C(N)CN2CC(=O)N(C)CC2=O)cc1. The van der Waals surface area contributed by atoms with Gasteiger partial charge in [-0.15, -0.1) is 0 Å². The van der Waals surface area contributed by atoms with Gasteiger partial charge in [-0.25, -0.2) is 0 Å². The van der Waals surface area contributed by atoms with Crippen LogP contribution >= 0.6 is 0 Å². The Bertz CT molecular complexity index is 501. The number of amides is 2. The predicted molar refractivity (Wildman–Crippen MR) is 74.1 cm³/mol. The zero-order valence-electron chi connectivity index (χ0n) is 11.7. The highest BCUT2D eigenvalue weighted by Gasteiger charge is 2.28. The zero-order chi connectivity index (χ0) is 14.7. The van der Waals surface area contributed by atoms with E-state index in [9.17, 15) is 9.59 Å². The molecule has 0 bridgehead atoms. The molecule has 0 aliphatic carbocycles. The van der Waals surface area contributed by atoms with Crippen molar-refractivity contribution in [2.24, 2.45) is 5.73 Å². The van der Waals surface area contributed by atoms with Crippen molar-refractivity contribution in [2.75, 3.05) is 33.8 Å². The standard InChI is InChI=1S/C14H19N3O3/c1-16-8-14(19)17(9-13(16)18)7-12(15)10-3-5-11(20-2)6-4-10/h3-6,12H,7-9,15H2,1-2H3. The van der Waals surface area contributed by atoms with Crippen LogP contribution in [0.15, 0.2) is 24.3 Å². The third-order valence-corrected chi connectivity index (χ3v) is 3.44. The lowest BCUT2D eigenvalue weighted by atomic mass is 10.1. The number of methoxy groups -OCH3 is 1. The molecular formula is C14H19N3O3. The molecule has 1 fully saturated rings. The van der Waals surface area contributed by atoms with Crippen LogP contribution in [-0.4, -0.2) is 55.4 Å². The van der Waals surface area contributed by atoms with Crippen LogP contribution in [0.1, 0.15) is 11.6 Å². The van der Waals surface area contributed by atoms with Crippen LogP contribution < -0.4 is 10.5 Å². The van der Waals surface area contributed by atoms with Gasteiger partial charge in [-0.3, -0.25) is 9.59 Å². The van der Waals surface area contributed by atoms with Gasteiger partial charge in [-0.1, -0.05) is 12.1 Å². The number of nitrogens with two attached hydrogens (primary N) is 1. The molecule has 0 aromatic heterocycles. The number of hydrogen-bond donors (Lipinski definition) is 1. The number of piperazine rings is 1. The van der Waals surface area contributed by atoms with Crippen molar-refractivity contribution in [3.8, 4) is 5.75 Å². The van der Waals surface area contributed by atoms with Gasteiger partial charge in [0.15, 0.2) is 0 Å². The smallest absolute Gasteiger partial charge is 0.242 e. The van der Waals surface area contributed by atoms with E-state index in [1.54, 1.807) is 14.2 Å². The van der Waals surface area contributed by atoms with Gasteiger partial charge in [0.05, 0.1) is 20.2 Å². The normalized spacial score (nSPS) is 17.4. The predicted octanol–water partition coefficient (Wildman–Crippen LogP) is -0.00440. The molecule has 108 valence electrons. The minimum absolute atomic E-state index is 0.0634. The van der Waals surface area contributed by atoms with Gasteiger partial charge < -0.3 is 20.3 Å². The lowest BCUT2D eigenvalue weighted by molar-refractivity contribution is -0.148. The van der Waals surface area contributed by atoms with Crippen LogP contribution in [0.5, 0.6) is 5.75 Å². The molecule has 1 unspecified atom stereocenters. The maximum Gasteiger partial charge on any atom is 0.242 e. The highest BCUT2D eigenvalue weighted by Crippen LogP contribution is 2.17. The molecule has 1 aliphatic heterocycles. The summed E-state index contributed by atoms with van der Waals surface area (Å²) in [5, 5.41) is 0. The molecule has 20 heavy (non-hydrogen) atoms. The summed E-state index contributed by atoms with van der Waals surface area (Å²) in [6.45, 7) is 0.554. The van der Waals surface area contributed by atoms with E-state index in [0.29, 0.717) is 6.54 Å². The average Bonchev–Trinajstić information content (AvgIpc) is 2.44. The van der Waals surface area contributed by atoms with E-state index in [0.717, 1.165) is 11.3 Å². The molecule has 2 N–H and O–H groups in total. The molecule has 1 saturated heterocycles. The second kappa shape index (κ2) is 5.92. The summed E-state index contributed by atoms with van der Waals surface area (Å²) in [6.07, 6.45) is 0. The average molecular weight is 277 g/mol. The van der Waals surface area contributed by atoms with Gasteiger partial charge in [0.2, 0.25) is 11.8 Å². The number of carbonyl (C=O) groups is 2. The van der Waals surface area contributed by atoms with Crippen LogP contribution in [0.25, 0.3) is 0 Å². The first kappa shape index (κ1) is 14.3. The van der Waals surface area contributed by atoms with Crippen LogP contribution in [0, 0.1) is 0 Å². The molecule has 0 spiro atoms. The zero-order valence-corrected chi connectivity index (χ0v) is 11.7. The third-order valence-electron chi connectivity index (χ3n) is 3.44. The lowest BCUT2D eigenvalue weighted by Crippen LogP contribution is -2.53. The molecule has 1 aromatic rings. The quantitative estimate of drug-likeness (QED) is 0.840. The fraction of sp³-hybridized carbons (Fsp3) is 0.429. The van der Waals surface area contributed by atoms with Gasteiger partial charge in [0.1, 0.15) is 5.75 Å². The maximum absolute atomic E-state index is 11.9. The summed E-state index contributed by atoms with van der Waals surface area (Å²) < 4.78 is 5.09. The molecule has 1 heterocycles. The van der Waals surface area contributed by atoms with Crippen molar-refractivity contribution in [1.82, 2.24) is 9.80 Å². The Kier molecular flexibility index (Phi) is 4.24. The summed E-state index contributed by atoms with van der Waals surface area (Å²) >= 11 is 0. The van der Waals surface area contributed by atoms with E-state index in [1.165, 1.54) is 9.80 Å². The summed E-state index contributed by atoms with van der Waals surface area (Å²) in [5.41, 5.74) is 7.01. The van der Waals surface area contributed by atoms with E-state index >= 15 is 0 Å². The molecule has 1 atom stereocenters. The topological polar surface area (TPSA) is 75.9 Å². The van der Waals surface area contributed by atoms with Gasteiger partial charge >= 0.3 is 0 Å². The first-order valence-corrected chi connectivity index (χ1v) is 6.42. The Morgan fingerprint density at radius 1 is 1.20 bits per heavy atom. The van der Waals surface area contributed by atoms with Crippen molar-refractivity contribution in [3.63, 3.8) is 0 Å². The molecule has 1 aromatic carbocycles. The van der Waals surface area contributed by atoms with E-state index in [-0.39, 0.29) is 30.9 Å². The first-order chi connectivity index (χ1) is 9.51. The van der Waals surface area contributed by atoms with Crippen LogP contribution in [0.3, 0.4) is 0 Å². The summed E-state index contributed by atoms with van der Waals surface area (Å²) in [7, 11) is 3.23. The van der Waals surface area contributed by atoms with E-state index < -0.39 is 0 Å². The van der Waals surface area contributed by atoms with Crippen LogP contribution in [0.4, 0.5) is 0 Å². The first-order valence-electron chi connectivity index (χ1n) is 6.42. The fourth-order valence-corrected chi connectivity index (χ4v) is 2.12. The Labute approximate surface area is 118 Å². The van der Waals surface area contributed by atoms with E-state index in [4.69, 9.17) is 10.5 Å². The monoisotopic (exact) mass is 277 g/mol. The third kappa shape index (κ3) is 3.08. The minimum Gasteiger partial charge on any atom is -0.497 e. The summed E-state index contributed by atoms with van der Waals surface area (Å²) in [6, 6.07) is 7.07. The van der Waals surface area contributed by atoms with Gasteiger partial charge in [0.25, 0.3) is 0 Å². The van der Waals surface area contributed by atoms with Gasteiger partial charge in [0, 0.05) is 19.6 Å². The van der Waals surface area contributed by atoms with Crippen molar-refractivity contribution in [2.45, 2.75) is 6.04 Å². The summed E-state index contributed by atoms with van der Waals surface area (Å²) in [4.78, 5) is 26.4. The lowest BCUT2D eigenvalue weighted by Gasteiger charge is -2.33. The number of carbonyl (C=O) groups excluding carboxylic acids is 2. The number of nitrogens with zero attached hydrogens (tertiary/aromatic N) is 2. The molecule has 6 nitrogen and oxygen atoms in total. The second-order valence-corrected chi connectivity index (χ2v) is 4.90. The Morgan fingerprint density at radius 2 is 1.85 bits per heavy atom. The largest absolute Gasteiger partial charge is 0.497 e. The van der Waals surface area contributed by atoms with Crippen molar-refractivity contribution >= 4 is 11.8 Å². The number of likely N-dealkylation sites (N-methyl/N-ethyl adjacent to an activating group) is 1. The maximum atomic E-state index is 11.9. The van der Waals surface area contributed by atoms with Crippen LogP contribution in [0.2, 0.25) is 0 Å². The Morgan fingerprint density at radius 3 is 2.45 bits per heavy atom. The number of benzene rings is 1. The fourth-order valence-electron chi connectivity index (χ4n) is 2.12. The molecular weight excluding hydrogens is 258 g/mol. The summed E-state index contributed by atoms with van der Waals surface area (Å²) in [5.74, 6) is 0.620. The van der Waals surface area contributed by atoms with Crippen molar-refractivity contribution in [3.05, 3.63) is 29.8 Å². The van der Waals surface area contributed by atoms with Gasteiger partial charge in [-0.2, -0.15) is 0 Å². The number of ether oxygens (including phenoxy) is 1. The minimum atomic E-state index is -0.318. The molecule has 1 aliphatic rings. The highest BCUT2D eigenvalue weighted by atomic mass is 16.5. The molecule has 2 rings (SSSR count). The molecule has 0 radical (unpaired) electrons. The van der Waals surface area contributed by atoms with Crippen molar-refractivity contribution < 1.29 is 14.3 Å². The number of rotatable bonds is 4. The van der Waals surface area contributed by atoms with E-state index in [2.05, 4.69) is 0 Å². The number of hydrogen-bond acceptors (Lipinski definition) is 4. The molecule has 0 saturated carbocycles. The second-order valence-electron chi connectivity index (χ2n) is 4.90. The van der Waals surface area contributed by atoms with Crippen LogP contribution in [-0.2, 0) is 9.59 Å². The highest BCUT2D eigenvalue weighted by molar-refractivity contribution is 5.92. The molecule has 2 amide bonds. The van der Waals surface area contributed by atoms with E-state index in [1.807, 2.05) is 24.3 Å². The van der Waals surface area contributed by atoms with Crippen molar-refractivity contribution in [1.29, 1.82) is 0 Å². The van der Waals surface area contributed by atoms with Gasteiger partial charge in [-0.05, 0) is 17.7 Å².